The zero-order valence-electron chi connectivity index (χ0n) is 26.0. The number of nitrogens with zero attached hydrogens (tertiary/aromatic N) is 3. The number of hydrogen-bond donors (Lipinski definition) is 1. The van der Waals surface area contributed by atoms with Crippen LogP contribution in [-0.4, -0.2) is 87.1 Å². The van der Waals surface area contributed by atoms with Crippen LogP contribution in [0.5, 0.6) is 0 Å². The van der Waals surface area contributed by atoms with Gasteiger partial charge in [-0.1, -0.05) is 75.6 Å². The minimum Gasteiger partial charge on any atom is -0.394 e. The van der Waals surface area contributed by atoms with Crippen LogP contribution in [0.15, 0.2) is 55.6 Å². The number of hydrogen-bond acceptors (Lipinski definition) is 5. The van der Waals surface area contributed by atoms with Gasteiger partial charge in [-0.25, -0.2) is 0 Å². The van der Waals surface area contributed by atoms with Gasteiger partial charge in [0.25, 0.3) is 0 Å². The lowest BCUT2D eigenvalue weighted by Gasteiger charge is -2.42. The second kappa shape index (κ2) is 12.9. The molecule has 3 heterocycles. The van der Waals surface area contributed by atoms with Crippen LogP contribution in [0.2, 0.25) is 0 Å². The van der Waals surface area contributed by atoms with Crippen LogP contribution >= 0.6 is 0 Å². The highest BCUT2D eigenvalue weighted by Crippen LogP contribution is 2.65. The van der Waals surface area contributed by atoms with E-state index in [4.69, 9.17) is 4.74 Å². The fraction of sp³-hybridized carbons (Fsp3) is 0.629. The molecule has 234 valence electrons. The first-order valence-corrected chi connectivity index (χ1v) is 16.3. The van der Waals surface area contributed by atoms with Crippen molar-refractivity contribution in [3.05, 3.63) is 61.2 Å². The highest BCUT2D eigenvalue weighted by atomic mass is 16.5. The fourth-order valence-electron chi connectivity index (χ4n) is 8.70. The Labute approximate surface area is 256 Å². The average Bonchev–Trinajstić information content (AvgIpc) is 3.64. The van der Waals surface area contributed by atoms with E-state index in [-0.39, 0.29) is 30.4 Å². The Morgan fingerprint density at radius 2 is 1.77 bits per heavy atom. The number of rotatable bonds is 13. The zero-order chi connectivity index (χ0) is 30.8. The topological polar surface area (TPSA) is 90.4 Å². The molecular weight excluding hydrogens is 542 g/mol. The lowest BCUT2D eigenvalue weighted by Crippen LogP contribution is -2.59. The van der Waals surface area contributed by atoms with Gasteiger partial charge in [0, 0.05) is 25.7 Å². The molecule has 0 radical (unpaired) electrons. The summed E-state index contributed by atoms with van der Waals surface area (Å²) in [6, 6.07) is 7.76. The van der Waals surface area contributed by atoms with Crippen molar-refractivity contribution in [3.63, 3.8) is 0 Å². The second-order valence-corrected chi connectivity index (χ2v) is 12.8. The Balaban J connectivity index is 1.65. The number of benzene rings is 1. The van der Waals surface area contributed by atoms with Crippen LogP contribution in [0.4, 0.5) is 0 Å². The van der Waals surface area contributed by atoms with Crippen molar-refractivity contribution in [2.45, 2.75) is 101 Å². The quantitative estimate of drug-likeness (QED) is 0.338. The molecule has 3 saturated heterocycles. The molecule has 1 aromatic rings. The first kappa shape index (κ1) is 31.5. The summed E-state index contributed by atoms with van der Waals surface area (Å²) in [7, 11) is 0. The lowest BCUT2D eigenvalue weighted by atomic mass is 9.64. The first-order valence-electron chi connectivity index (χ1n) is 16.3. The van der Waals surface area contributed by atoms with Crippen LogP contribution in [0.1, 0.15) is 83.2 Å². The van der Waals surface area contributed by atoms with E-state index in [0.29, 0.717) is 38.9 Å². The standard InChI is InChI=1S/C35H49N3O5/c1-5-21-36(22-6-2)31(40)28-29-32(41)38(27(24-39)25-15-11-9-12-16-25)30(35(29)20-19-34(28,8-4)43-35)33(42)37(23-7-3)26-17-13-10-14-18-26/h5,7,9,11-12,15-16,26-30,39H,1,3,6,8,10,13-14,17-24H2,2,4H3/t27-,28+,29+,30?,34-,35?/m1/s1. The number of aliphatic hydroxyl groups excluding tert-OH is 1. The summed E-state index contributed by atoms with van der Waals surface area (Å²) in [5, 5.41) is 10.8. The molecule has 4 aliphatic rings. The molecule has 1 aromatic carbocycles. The van der Waals surface area contributed by atoms with E-state index in [2.05, 4.69) is 13.2 Å². The van der Waals surface area contributed by atoms with Gasteiger partial charge in [-0.05, 0) is 44.1 Å². The van der Waals surface area contributed by atoms with E-state index in [1.165, 1.54) is 0 Å². The Kier molecular flexibility index (Phi) is 9.47. The molecule has 8 heteroatoms. The van der Waals surface area contributed by atoms with Gasteiger partial charge in [-0.2, -0.15) is 0 Å². The molecule has 1 saturated carbocycles. The highest BCUT2D eigenvalue weighted by molar-refractivity contribution is 5.99. The number of ether oxygens (including phenoxy) is 1. The Hall–Kier alpha value is -2.97. The van der Waals surface area contributed by atoms with Crippen molar-refractivity contribution < 1.29 is 24.2 Å². The maximum atomic E-state index is 15.0. The summed E-state index contributed by atoms with van der Waals surface area (Å²) >= 11 is 0. The molecule has 1 N–H and O–H groups in total. The van der Waals surface area contributed by atoms with Crippen molar-refractivity contribution in [1.82, 2.24) is 14.7 Å². The number of fused-ring (bicyclic) bond motifs is 1. The number of carbonyl (C=O) groups is 3. The number of amides is 3. The van der Waals surface area contributed by atoms with Gasteiger partial charge in [0.1, 0.15) is 11.6 Å². The Bertz CT molecular complexity index is 1200. The van der Waals surface area contributed by atoms with Gasteiger partial charge in [-0.15, -0.1) is 13.2 Å². The molecule has 3 aliphatic heterocycles. The zero-order valence-corrected chi connectivity index (χ0v) is 26.0. The van der Waals surface area contributed by atoms with Gasteiger partial charge in [0.15, 0.2) is 0 Å². The maximum Gasteiger partial charge on any atom is 0.248 e. The third-order valence-electron chi connectivity index (χ3n) is 10.6. The number of aliphatic hydroxyl groups is 1. The smallest absolute Gasteiger partial charge is 0.248 e. The molecule has 1 aliphatic carbocycles. The molecule has 4 fully saturated rings. The third-order valence-corrected chi connectivity index (χ3v) is 10.6. The van der Waals surface area contributed by atoms with Crippen LogP contribution in [0.3, 0.4) is 0 Å². The van der Waals surface area contributed by atoms with E-state index >= 15 is 0 Å². The molecule has 5 rings (SSSR count). The van der Waals surface area contributed by atoms with Gasteiger partial charge in [-0.3, -0.25) is 14.4 Å². The molecule has 2 bridgehead atoms. The van der Waals surface area contributed by atoms with Crippen LogP contribution < -0.4 is 0 Å². The predicted octanol–water partition coefficient (Wildman–Crippen LogP) is 4.65. The van der Waals surface area contributed by atoms with Crippen molar-refractivity contribution >= 4 is 17.7 Å². The first-order chi connectivity index (χ1) is 20.8. The monoisotopic (exact) mass is 591 g/mol. The van der Waals surface area contributed by atoms with Gasteiger partial charge in [0.05, 0.1) is 30.1 Å². The molecule has 0 aromatic heterocycles. The maximum absolute atomic E-state index is 15.0. The van der Waals surface area contributed by atoms with Crippen molar-refractivity contribution in [2.24, 2.45) is 11.8 Å². The number of likely N-dealkylation sites (tertiary alicyclic amines) is 1. The summed E-state index contributed by atoms with van der Waals surface area (Å²) in [5.41, 5.74) is -1.21. The van der Waals surface area contributed by atoms with Crippen molar-refractivity contribution in [2.75, 3.05) is 26.2 Å². The van der Waals surface area contributed by atoms with E-state index < -0.39 is 35.1 Å². The molecule has 8 nitrogen and oxygen atoms in total. The minimum atomic E-state index is -1.15. The summed E-state index contributed by atoms with van der Waals surface area (Å²) in [4.78, 5) is 49.6. The highest BCUT2D eigenvalue weighted by Gasteiger charge is 2.79. The summed E-state index contributed by atoms with van der Waals surface area (Å²) < 4.78 is 7.05. The van der Waals surface area contributed by atoms with E-state index in [1.807, 2.05) is 49.1 Å². The van der Waals surface area contributed by atoms with Gasteiger partial charge >= 0.3 is 0 Å². The average molecular weight is 592 g/mol. The van der Waals surface area contributed by atoms with Crippen LogP contribution in [-0.2, 0) is 19.1 Å². The molecule has 43 heavy (non-hydrogen) atoms. The van der Waals surface area contributed by atoms with Gasteiger partial charge < -0.3 is 24.5 Å². The van der Waals surface area contributed by atoms with Crippen molar-refractivity contribution in [3.8, 4) is 0 Å². The fourth-order valence-corrected chi connectivity index (χ4v) is 8.70. The largest absolute Gasteiger partial charge is 0.394 e. The summed E-state index contributed by atoms with van der Waals surface area (Å²) in [6.45, 7) is 12.9. The Morgan fingerprint density at radius 3 is 2.37 bits per heavy atom. The van der Waals surface area contributed by atoms with Crippen LogP contribution in [0.25, 0.3) is 0 Å². The Morgan fingerprint density at radius 1 is 1.07 bits per heavy atom. The molecular formula is C35H49N3O5. The molecule has 2 unspecified atom stereocenters. The summed E-state index contributed by atoms with van der Waals surface area (Å²) in [6.07, 6.45) is 11.0. The molecule has 3 amide bonds. The normalized spacial score (nSPS) is 30.6. The lowest BCUT2D eigenvalue weighted by molar-refractivity contribution is -0.159. The van der Waals surface area contributed by atoms with E-state index in [0.717, 1.165) is 44.1 Å². The molecule has 1 spiro atoms. The van der Waals surface area contributed by atoms with Crippen molar-refractivity contribution in [1.29, 1.82) is 0 Å². The predicted molar refractivity (Wildman–Crippen MR) is 166 cm³/mol. The molecule has 6 atom stereocenters. The minimum absolute atomic E-state index is 0.0553. The van der Waals surface area contributed by atoms with Gasteiger partial charge in [0.2, 0.25) is 17.7 Å². The SMILES string of the molecule is C=CCN(CCC)C(=O)[C@@H]1[C@H]2C(=O)N([C@H](CO)c3ccccc3)C(C(=O)N(CC=C)C3CCCCC3)C23CC[C@@]1(CC)O3. The number of carbonyl (C=O) groups excluding carboxylic acids is 3. The summed E-state index contributed by atoms with van der Waals surface area (Å²) in [5.74, 6) is -2.04. The second-order valence-electron chi connectivity index (χ2n) is 12.8. The third kappa shape index (κ3) is 5.14. The van der Waals surface area contributed by atoms with E-state index in [1.54, 1.807) is 22.0 Å². The van der Waals surface area contributed by atoms with E-state index in [9.17, 15) is 19.5 Å². The van der Waals surface area contributed by atoms with Crippen LogP contribution in [0, 0.1) is 11.8 Å².